The normalized spacial score (nSPS) is 10.4. The number of benzene rings is 1. The first kappa shape index (κ1) is 16.4. The third-order valence-corrected chi connectivity index (χ3v) is 3.61. The summed E-state index contributed by atoms with van der Waals surface area (Å²) in [5.74, 6) is 1.52. The molecule has 27 heavy (non-hydrogen) atoms. The Labute approximate surface area is 154 Å². The van der Waals surface area contributed by atoms with Crippen molar-refractivity contribution < 1.29 is 9.53 Å². The third-order valence-electron chi connectivity index (χ3n) is 3.61. The Morgan fingerprint density at radius 3 is 2.48 bits per heavy atom. The minimum Gasteiger partial charge on any atom is -0.456 e. The van der Waals surface area contributed by atoms with E-state index in [9.17, 15) is 4.79 Å². The smallest absolute Gasteiger partial charge is 0.274 e. The maximum atomic E-state index is 12.3. The van der Waals surface area contributed by atoms with E-state index in [0.29, 0.717) is 23.0 Å². The zero-order valence-corrected chi connectivity index (χ0v) is 14.1. The minimum atomic E-state index is -0.337. The number of nitrogens with one attached hydrogen (secondary N) is 1. The van der Waals surface area contributed by atoms with Crippen LogP contribution < -0.4 is 10.1 Å². The van der Waals surface area contributed by atoms with Crippen molar-refractivity contribution in [3.05, 3.63) is 85.3 Å². The number of carbonyl (C=O) groups excluding carboxylic acids is 1. The third kappa shape index (κ3) is 3.96. The number of carbonyl (C=O) groups is 1. The Morgan fingerprint density at radius 1 is 0.926 bits per heavy atom. The van der Waals surface area contributed by atoms with Gasteiger partial charge in [-0.25, -0.2) is 19.6 Å². The first-order valence-corrected chi connectivity index (χ1v) is 8.09. The maximum Gasteiger partial charge on any atom is 0.274 e. The quantitative estimate of drug-likeness (QED) is 0.589. The van der Waals surface area contributed by atoms with Crippen LogP contribution in [-0.2, 0) is 0 Å². The second kappa shape index (κ2) is 7.44. The molecule has 0 unspecified atom stereocenters. The Kier molecular flexibility index (Phi) is 4.52. The molecule has 0 aliphatic rings. The highest BCUT2D eigenvalue weighted by atomic mass is 16.5. The van der Waals surface area contributed by atoms with Gasteiger partial charge in [0.25, 0.3) is 5.91 Å². The minimum absolute atomic E-state index is 0.274. The zero-order chi connectivity index (χ0) is 18.5. The fraction of sp³-hybridized carbons (Fsp3) is 0. The standard InChI is InChI=1S/C19H14N6O2/c26-19(24-14-6-9-18(22-10-14)25-13-20-12-23-25)17-8-7-16(11-21-17)27-15-4-2-1-3-5-15/h1-13H,(H,24,26). The Balaban J connectivity index is 1.40. The molecule has 8 heteroatoms. The lowest BCUT2D eigenvalue weighted by molar-refractivity contribution is 0.102. The number of para-hydroxylation sites is 1. The molecule has 0 saturated carbocycles. The van der Waals surface area contributed by atoms with Crippen LogP contribution in [0.3, 0.4) is 0 Å². The summed E-state index contributed by atoms with van der Waals surface area (Å²) in [7, 11) is 0. The SMILES string of the molecule is O=C(Nc1ccc(-n2cncn2)nc1)c1ccc(Oc2ccccc2)cn1. The number of hydrogen-bond donors (Lipinski definition) is 1. The van der Waals surface area contributed by atoms with Gasteiger partial charge in [-0.2, -0.15) is 5.10 Å². The molecule has 0 aliphatic carbocycles. The largest absolute Gasteiger partial charge is 0.456 e. The molecule has 3 aromatic heterocycles. The summed E-state index contributed by atoms with van der Waals surface area (Å²) >= 11 is 0. The van der Waals surface area contributed by atoms with Gasteiger partial charge in [-0.15, -0.1) is 0 Å². The van der Waals surface area contributed by atoms with Gasteiger partial charge >= 0.3 is 0 Å². The van der Waals surface area contributed by atoms with Gasteiger partial charge in [-0.05, 0) is 36.4 Å². The van der Waals surface area contributed by atoms with Crippen molar-refractivity contribution in [2.45, 2.75) is 0 Å². The molecular weight excluding hydrogens is 344 g/mol. The number of ether oxygens (including phenoxy) is 1. The zero-order valence-electron chi connectivity index (χ0n) is 14.1. The summed E-state index contributed by atoms with van der Waals surface area (Å²) in [4.78, 5) is 24.6. The molecule has 1 aromatic carbocycles. The summed E-state index contributed by atoms with van der Waals surface area (Å²) in [6.07, 6.45) is 6.02. The molecule has 0 radical (unpaired) electrons. The molecule has 1 N–H and O–H groups in total. The van der Waals surface area contributed by atoms with E-state index in [-0.39, 0.29) is 11.6 Å². The lowest BCUT2D eigenvalue weighted by Crippen LogP contribution is -2.13. The Hall–Kier alpha value is -4.07. The number of pyridine rings is 2. The predicted molar refractivity (Wildman–Crippen MR) is 97.9 cm³/mol. The molecule has 0 bridgehead atoms. The van der Waals surface area contributed by atoms with Crippen LogP contribution in [0.2, 0.25) is 0 Å². The monoisotopic (exact) mass is 358 g/mol. The summed E-state index contributed by atoms with van der Waals surface area (Å²) in [5.41, 5.74) is 0.825. The van der Waals surface area contributed by atoms with Crippen molar-refractivity contribution in [1.29, 1.82) is 0 Å². The summed E-state index contributed by atoms with van der Waals surface area (Å²) in [6.45, 7) is 0. The van der Waals surface area contributed by atoms with Crippen LogP contribution in [-0.4, -0.2) is 30.6 Å². The number of hydrogen-bond acceptors (Lipinski definition) is 6. The molecule has 3 heterocycles. The number of nitrogens with zero attached hydrogens (tertiary/aromatic N) is 5. The molecule has 132 valence electrons. The van der Waals surface area contributed by atoms with Crippen molar-refractivity contribution in [2.24, 2.45) is 0 Å². The highest BCUT2D eigenvalue weighted by Gasteiger charge is 2.09. The molecule has 0 aliphatic heterocycles. The lowest BCUT2D eigenvalue weighted by Gasteiger charge is -2.07. The predicted octanol–water partition coefficient (Wildman–Crippen LogP) is 3.10. The van der Waals surface area contributed by atoms with Crippen molar-refractivity contribution in [2.75, 3.05) is 5.32 Å². The van der Waals surface area contributed by atoms with E-state index < -0.39 is 0 Å². The van der Waals surface area contributed by atoms with Gasteiger partial charge in [0.15, 0.2) is 5.82 Å². The van der Waals surface area contributed by atoms with E-state index in [1.165, 1.54) is 17.2 Å². The highest BCUT2D eigenvalue weighted by Crippen LogP contribution is 2.20. The van der Waals surface area contributed by atoms with Gasteiger partial charge in [-0.3, -0.25) is 4.79 Å². The van der Waals surface area contributed by atoms with E-state index in [1.54, 1.807) is 36.8 Å². The van der Waals surface area contributed by atoms with Gasteiger partial charge in [0.05, 0.1) is 18.1 Å². The van der Waals surface area contributed by atoms with E-state index in [4.69, 9.17) is 4.74 Å². The van der Waals surface area contributed by atoms with Gasteiger partial charge < -0.3 is 10.1 Å². The van der Waals surface area contributed by atoms with Gasteiger partial charge in [0.2, 0.25) is 0 Å². The maximum absolute atomic E-state index is 12.3. The van der Waals surface area contributed by atoms with E-state index in [2.05, 4.69) is 25.4 Å². The van der Waals surface area contributed by atoms with Gasteiger partial charge in [-0.1, -0.05) is 18.2 Å². The highest BCUT2D eigenvalue weighted by molar-refractivity contribution is 6.02. The van der Waals surface area contributed by atoms with Crippen molar-refractivity contribution in [1.82, 2.24) is 24.7 Å². The summed E-state index contributed by atoms with van der Waals surface area (Å²) in [6, 6.07) is 16.1. The number of rotatable bonds is 5. The first-order valence-electron chi connectivity index (χ1n) is 8.09. The molecule has 0 saturated heterocycles. The van der Waals surface area contributed by atoms with Crippen LogP contribution in [0, 0.1) is 0 Å². The Bertz CT molecular complexity index is 1020. The molecule has 4 rings (SSSR count). The molecular formula is C19H14N6O2. The van der Waals surface area contributed by atoms with Crippen LogP contribution in [0.25, 0.3) is 5.82 Å². The molecule has 0 fully saturated rings. The van der Waals surface area contributed by atoms with Crippen LogP contribution in [0.15, 0.2) is 79.6 Å². The molecule has 4 aromatic rings. The molecule has 1 amide bonds. The second-order valence-corrected chi connectivity index (χ2v) is 5.49. The van der Waals surface area contributed by atoms with Gasteiger partial charge in [0, 0.05) is 0 Å². The van der Waals surface area contributed by atoms with Crippen LogP contribution >= 0.6 is 0 Å². The van der Waals surface area contributed by atoms with Crippen LogP contribution in [0.4, 0.5) is 5.69 Å². The summed E-state index contributed by atoms with van der Waals surface area (Å²) in [5, 5.41) is 6.75. The Morgan fingerprint density at radius 2 is 1.81 bits per heavy atom. The fourth-order valence-corrected chi connectivity index (χ4v) is 2.32. The topological polar surface area (TPSA) is 94.8 Å². The first-order chi connectivity index (χ1) is 13.3. The second-order valence-electron chi connectivity index (χ2n) is 5.49. The van der Waals surface area contributed by atoms with Crippen molar-refractivity contribution >= 4 is 11.6 Å². The average Bonchev–Trinajstić information content (AvgIpc) is 3.25. The molecule has 0 spiro atoms. The van der Waals surface area contributed by atoms with E-state index in [1.807, 2.05) is 30.3 Å². The summed E-state index contributed by atoms with van der Waals surface area (Å²) < 4.78 is 7.19. The molecule has 0 atom stereocenters. The van der Waals surface area contributed by atoms with Crippen LogP contribution in [0.5, 0.6) is 11.5 Å². The van der Waals surface area contributed by atoms with Gasteiger partial charge in [0.1, 0.15) is 29.8 Å². The van der Waals surface area contributed by atoms with Crippen LogP contribution in [0.1, 0.15) is 10.5 Å². The van der Waals surface area contributed by atoms with Crippen molar-refractivity contribution in [3.8, 4) is 17.3 Å². The average molecular weight is 358 g/mol. The van der Waals surface area contributed by atoms with Crippen molar-refractivity contribution in [3.63, 3.8) is 0 Å². The number of anilines is 1. The van der Waals surface area contributed by atoms with E-state index >= 15 is 0 Å². The number of aromatic nitrogens is 5. The fourth-order valence-electron chi connectivity index (χ4n) is 2.32. The molecule has 8 nitrogen and oxygen atoms in total. The van der Waals surface area contributed by atoms with E-state index in [0.717, 1.165) is 0 Å². The lowest BCUT2D eigenvalue weighted by atomic mass is 10.3. The number of amides is 1.